The third kappa shape index (κ3) is 4.22. The van der Waals surface area contributed by atoms with Crippen LogP contribution in [0.3, 0.4) is 0 Å². The third-order valence-corrected chi connectivity index (χ3v) is 6.21. The van der Waals surface area contributed by atoms with E-state index in [0.29, 0.717) is 25.9 Å². The van der Waals surface area contributed by atoms with Crippen LogP contribution >= 0.6 is 34.4 Å². The lowest BCUT2D eigenvalue weighted by atomic mass is 10.2. The SMILES string of the molecule is CCc1nn2c(=O)cc(CSc3nnc(NC(=O)C(C)C)s3)nc2s1. The lowest BCUT2D eigenvalue weighted by Crippen LogP contribution is -2.17. The van der Waals surface area contributed by atoms with Gasteiger partial charge in [-0.3, -0.25) is 9.59 Å². The zero-order valence-electron chi connectivity index (χ0n) is 13.8. The highest BCUT2D eigenvalue weighted by Crippen LogP contribution is 2.28. The Labute approximate surface area is 155 Å². The van der Waals surface area contributed by atoms with Crippen LogP contribution in [0.2, 0.25) is 0 Å². The summed E-state index contributed by atoms with van der Waals surface area (Å²) in [6, 6.07) is 1.49. The van der Waals surface area contributed by atoms with Crippen molar-refractivity contribution in [3.8, 4) is 0 Å². The van der Waals surface area contributed by atoms with Crippen LogP contribution < -0.4 is 10.9 Å². The van der Waals surface area contributed by atoms with Crippen molar-refractivity contribution in [3.05, 3.63) is 27.1 Å². The van der Waals surface area contributed by atoms with E-state index in [9.17, 15) is 9.59 Å². The number of thioether (sulfide) groups is 1. The summed E-state index contributed by atoms with van der Waals surface area (Å²) in [4.78, 5) is 28.9. The average molecular weight is 397 g/mol. The molecule has 0 saturated carbocycles. The van der Waals surface area contributed by atoms with E-state index in [1.807, 2.05) is 20.8 Å². The van der Waals surface area contributed by atoms with Gasteiger partial charge in [0.15, 0.2) is 4.34 Å². The predicted molar refractivity (Wildman–Crippen MR) is 99.4 cm³/mol. The first-order valence-electron chi connectivity index (χ1n) is 7.62. The fourth-order valence-electron chi connectivity index (χ4n) is 1.82. The third-order valence-electron chi connectivity index (χ3n) is 3.15. The van der Waals surface area contributed by atoms with Gasteiger partial charge < -0.3 is 5.32 Å². The highest BCUT2D eigenvalue weighted by Gasteiger charge is 2.13. The number of hydrogen-bond acceptors (Lipinski definition) is 9. The van der Waals surface area contributed by atoms with Crippen molar-refractivity contribution >= 4 is 50.4 Å². The molecule has 3 aromatic rings. The lowest BCUT2D eigenvalue weighted by Gasteiger charge is -2.02. The minimum Gasteiger partial charge on any atom is -0.300 e. The number of amides is 1. The maximum Gasteiger partial charge on any atom is 0.275 e. The van der Waals surface area contributed by atoms with E-state index >= 15 is 0 Å². The van der Waals surface area contributed by atoms with Crippen molar-refractivity contribution in [1.29, 1.82) is 0 Å². The number of carbonyl (C=O) groups excluding carboxylic acids is 1. The van der Waals surface area contributed by atoms with E-state index in [-0.39, 0.29) is 17.4 Å². The summed E-state index contributed by atoms with van der Waals surface area (Å²) >= 11 is 4.15. The first-order valence-corrected chi connectivity index (χ1v) is 10.2. The lowest BCUT2D eigenvalue weighted by molar-refractivity contribution is -0.118. The van der Waals surface area contributed by atoms with Gasteiger partial charge in [0.25, 0.3) is 5.56 Å². The number of hydrogen-bond donors (Lipinski definition) is 1. The Morgan fingerprint density at radius 2 is 2.16 bits per heavy atom. The molecule has 0 aliphatic carbocycles. The minimum absolute atomic E-state index is 0.0928. The molecule has 3 rings (SSSR count). The average Bonchev–Trinajstić information content (AvgIpc) is 3.19. The van der Waals surface area contributed by atoms with Crippen LogP contribution in [0.4, 0.5) is 5.13 Å². The minimum atomic E-state index is -0.182. The molecule has 0 aromatic carbocycles. The molecule has 11 heteroatoms. The van der Waals surface area contributed by atoms with Gasteiger partial charge in [0.2, 0.25) is 16.0 Å². The standard InChI is InChI=1S/C14H16N6O2S3/c1-4-9-19-20-10(21)5-8(15-13(20)24-9)6-23-14-18-17-12(25-14)16-11(22)7(2)3/h5,7H,4,6H2,1-3H3,(H,16,17,22). The Balaban J connectivity index is 1.69. The maximum atomic E-state index is 12.1. The normalized spacial score (nSPS) is 11.4. The van der Waals surface area contributed by atoms with Gasteiger partial charge in [-0.05, 0) is 6.42 Å². The topological polar surface area (TPSA) is 102 Å². The number of carbonyl (C=O) groups is 1. The molecule has 0 spiro atoms. The van der Waals surface area contributed by atoms with Crippen LogP contribution in [0.25, 0.3) is 4.96 Å². The zero-order valence-corrected chi connectivity index (χ0v) is 16.3. The number of nitrogens with one attached hydrogen (secondary N) is 1. The summed E-state index contributed by atoms with van der Waals surface area (Å²) in [7, 11) is 0. The smallest absolute Gasteiger partial charge is 0.275 e. The number of anilines is 1. The predicted octanol–water partition coefficient (Wildman–Crippen LogP) is 2.45. The molecule has 0 aliphatic rings. The molecule has 0 unspecified atom stereocenters. The number of rotatable bonds is 6. The van der Waals surface area contributed by atoms with E-state index in [0.717, 1.165) is 11.4 Å². The van der Waals surface area contributed by atoms with E-state index < -0.39 is 0 Å². The Bertz CT molecular complexity index is 961. The molecule has 0 radical (unpaired) electrons. The number of fused-ring (bicyclic) bond motifs is 1. The number of nitrogens with zero attached hydrogens (tertiary/aromatic N) is 5. The van der Waals surface area contributed by atoms with E-state index in [1.54, 1.807) is 0 Å². The monoisotopic (exact) mass is 396 g/mol. The van der Waals surface area contributed by atoms with Gasteiger partial charge >= 0.3 is 0 Å². The van der Waals surface area contributed by atoms with Crippen LogP contribution in [0, 0.1) is 5.92 Å². The molecule has 3 heterocycles. The summed E-state index contributed by atoms with van der Waals surface area (Å²) < 4.78 is 2.04. The largest absolute Gasteiger partial charge is 0.300 e. The van der Waals surface area contributed by atoms with Crippen molar-refractivity contribution < 1.29 is 4.79 Å². The molecule has 0 bridgehead atoms. The van der Waals surface area contributed by atoms with Crippen molar-refractivity contribution in [3.63, 3.8) is 0 Å². The Kier molecular flexibility index (Phi) is 5.45. The molecule has 0 saturated heterocycles. The maximum absolute atomic E-state index is 12.1. The van der Waals surface area contributed by atoms with Crippen molar-refractivity contribution in [2.45, 2.75) is 37.3 Å². The highest BCUT2D eigenvalue weighted by atomic mass is 32.2. The van der Waals surface area contributed by atoms with Gasteiger partial charge in [-0.15, -0.1) is 10.2 Å². The summed E-state index contributed by atoms with van der Waals surface area (Å²) in [6.45, 7) is 5.62. The van der Waals surface area contributed by atoms with E-state index in [1.165, 1.54) is 45.0 Å². The molecule has 3 aromatic heterocycles. The Morgan fingerprint density at radius 1 is 1.36 bits per heavy atom. The van der Waals surface area contributed by atoms with Gasteiger partial charge in [-0.1, -0.05) is 55.2 Å². The summed E-state index contributed by atoms with van der Waals surface area (Å²) in [5, 5.41) is 16.3. The summed E-state index contributed by atoms with van der Waals surface area (Å²) in [5.74, 6) is 0.291. The highest BCUT2D eigenvalue weighted by molar-refractivity contribution is 8.00. The van der Waals surface area contributed by atoms with Crippen LogP contribution in [0.1, 0.15) is 31.5 Å². The molecule has 1 N–H and O–H groups in total. The van der Waals surface area contributed by atoms with Gasteiger partial charge in [0.1, 0.15) is 5.01 Å². The summed E-state index contributed by atoms with van der Waals surface area (Å²) in [6.07, 6.45) is 0.771. The van der Waals surface area contributed by atoms with Crippen LogP contribution in [0.15, 0.2) is 15.2 Å². The molecule has 132 valence electrons. The fourth-order valence-corrected chi connectivity index (χ4v) is 4.32. The van der Waals surface area contributed by atoms with Crippen LogP contribution in [0.5, 0.6) is 0 Å². The van der Waals surface area contributed by atoms with Crippen LogP contribution in [-0.4, -0.2) is 30.7 Å². The Hall–Kier alpha value is -1.85. The molecular weight excluding hydrogens is 380 g/mol. The molecule has 0 fully saturated rings. The summed E-state index contributed by atoms with van der Waals surface area (Å²) in [5.41, 5.74) is 0.489. The van der Waals surface area contributed by atoms with E-state index in [4.69, 9.17) is 0 Å². The first-order chi connectivity index (χ1) is 12.0. The van der Waals surface area contributed by atoms with Crippen molar-refractivity contribution in [2.75, 3.05) is 5.32 Å². The van der Waals surface area contributed by atoms with E-state index in [2.05, 4.69) is 25.6 Å². The molecule has 0 atom stereocenters. The van der Waals surface area contributed by atoms with Gasteiger partial charge in [0, 0.05) is 17.7 Å². The first kappa shape index (κ1) is 18.0. The molecule has 8 nitrogen and oxygen atoms in total. The van der Waals surface area contributed by atoms with Crippen molar-refractivity contribution in [2.24, 2.45) is 5.92 Å². The molecule has 0 aliphatic heterocycles. The van der Waals surface area contributed by atoms with Gasteiger partial charge in [-0.25, -0.2) is 4.98 Å². The van der Waals surface area contributed by atoms with Gasteiger partial charge in [0.05, 0.1) is 5.69 Å². The van der Waals surface area contributed by atoms with Crippen molar-refractivity contribution in [1.82, 2.24) is 24.8 Å². The number of aryl methyl sites for hydroxylation is 1. The second-order valence-electron chi connectivity index (χ2n) is 5.44. The van der Waals surface area contributed by atoms with Crippen LogP contribution in [-0.2, 0) is 17.0 Å². The molecular formula is C14H16N6O2S3. The second kappa shape index (κ2) is 7.58. The van der Waals surface area contributed by atoms with Gasteiger partial charge in [-0.2, -0.15) is 9.61 Å². The fraction of sp³-hybridized carbons (Fsp3) is 0.429. The number of aromatic nitrogens is 5. The second-order valence-corrected chi connectivity index (χ2v) is 8.68. The quantitative estimate of drug-likeness (QED) is 0.504. The molecule has 25 heavy (non-hydrogen) atoms. The molecule has 1 amide bonds. The zero-order chi connectivity index (χ0) is 18.0. The Morgan fingerprint density at radius 3 is 2.88 bits per heavy atom.